The van der Waals surface area contributed by atoms with Crippen LogP contribution in [0.2, 0.25) is 5.02 Å². The zero-order valence-electron chi connectivity index (χ0n) is 11.4. The third-order valence-corrected chi connectivity index (χ3v) is 3.98. The fourth-order valence-corrected chi connectivity index (χ4v) is 2.40. The average Bonchev–Trinajstić information content (AvgIpc) is 2.49. The molecule has 2 amide bonds. The lowest BCUT2D eigenvalue weighted by molar-refractivity contribution is -0.119. The lowest BCUT2D eigenvalue weighted by Gasteiger charge is -2.16. The minimum Gasteiger partial charge on any atom is -0.368 e. The Kier molecular flexibility index (Phi) is 5.51. The number of nitrogens with two attached hydrogens (primary N) is 1. The number of aromatic nitrogens is 1. The molecule has 7 heteroatoms. The molecule has 22 heavy (non-hydrogen) atoms. The first-order valence-electron chi connectivity index (χ1n) is 6.42. The van der Waals surface area contributed by atoms with Crippen LogP contribution < -0.4 is 11.1 Å². The SMILES string of the molecule is NC(=O)[C@@H](Cc1cccnc1Br)NC(=O)c1ccc(Cl)cc1. The second kappa shape index (κ2) is 7.38. The predicted molar refractivity (Wildman–Crippen MR) is 87.5 cm³/mol. The number of hydrogen-bond donors (Lipinski definition) is 2. The highest BCUT2D eigenvalue weighted by molar-refractivity contribution is 9.10. The van der Waals surface area contributed by atoms with Crippen LogP contribution in [-0.2, 0) is 11.2 Å². The van der Waals surface area contributed by atoms with Crippen LogP contribution in [0.1, 0.15) is 15.9 Å². The van der Waals surface area contributed by atoms with E-state index in [2.05, 4.69) is 26.2 Å². The quantitative estimate of drug-likeness (QED) is 0.778. The van der Waals surface area contributed by atoms with Gasteiger partial charge in [0, 0.05) is 23.2 Å². The first-order valence-corrected chi connectivity index (χ1v) is 7.59. The zero-order chi connectivity index (χ0) is 16.1. The molecular formula is C15H13BrClN3O2. The number of nitrogens with zero attached hydrogens (tertiary/aromatic N) is 1. The number of rotatable bonds is 5. The molecule has 0 aliphatic heterocycles. The number of benzene rings is 1. The molecule has 0 aliphatic carbocycles. The fraction of sp³-hybridized carbons (Fsp3) is 0.133. The summed E-state index contributed by atoms with van der Waals surface area (Å²) in [6.07, 6.45) is 1.88. The summed E-state index contributed by atoms with van der Waals surface area (Å²) in [6, 6.07) is 9.09. The van der Waals surface area contributed by atoms with Gasteiger partial charge in [0.05, 0.1) is 0 Å². The summed E-state index contributed by atoms with van der Waals surface area (Å²) in [5, 5.41) is 3.15. The van der Waals surface area contributed by atoms with Crippen LogP contribution in [0, 0.1) is 0 Å². The molecule has 2 aromatic rings. The van der Waals surface area contributed by atoms with Crippen LogP contribution in [0.3, 0.4) is 0 Å². The van der Waals surface area contributed by atoms with Gasteiger partial charge in [-0.05, 0) is 51.8 Å². The number of nitrogens with one attached hydrogen (secondary N) is 1. The van der Waals surface area contributed by atoms with Gasteiger partial charge < -0.3 is 11.1 Å². The number of amides is 2. The third kappa shape index (κ3) is 4.29. The summed E-state index contributed by atoms with van der Waals surface area (Å²) in [5.74, 6) is -1.00. The maximum atomic E-state index is 12.2. The fourth-order valence-electron chi connectivity index (χ4n) is 1.86. The summed E-state index contributed by atoms with van der Waals surface area (Å²) in [7, 11) is 0. The van der Waals surface area contributed by atoms with Crippen molar-refractivity contribution < 1.29 is 9.59 Å². The lowest BCUT2D eigenvalue weighted by Crippen LogP contribution is -2.45. The van der Waals surface area contributed by atoms with E-state index in [1.807, 2.05) is 6.07 Å². The second-order valence-corrected chi connectivity index (χ2v) is 5.78. The number of hydrogen-bond acceptors (Lipinski definition) is 3. The lowest BCUT2D eigenvalue weighted by atomic mass is 10.1. The Balaban J connectivity index is 2.12. The van der Waals surface area contributed by atoms with Crippen molar-refractivity contribution in [3.63, 3.8) is 0 Å². The Morgan fingerprint density at radius 2 is 1.95 bits per heavy atom. The van der Waals surface area contributed by atoms with E-state index < -0.39 is 11.9 Å². The van der Waals surface area contributed by atoms with E-state index in [0.29, 0.717) is 15.2 Å². The minimum atomic E-state index is -0.830. The summed E-state index contributed by atoms with van der Waals surface area (Å²) < 4.78 is 0.613. The van der Waals surface area contributed by atoms with E-state index in [0.717, 1.165) is 5.56 Å². The van der Waals surface area contributed by atoms with Crippen molar-refractivity contribution >= 4 is 39.3 Å². The van der Waals surface area contributed by atoms with Crippen molar-refractivity contribution in [2.24, 2.45) is 5.73 Å². The maximum Gasteiger partial charge on any atom is 0.251 e. The molecule has 114 valence electrons. The van der Waals surface area contributed by atoms with E-state index >= 15 is 0 Å². The molecule has 1 atom stereocenters. The van der Waals surface area contributed by atoms with E-state index in [1.165, 1.54) is 0 Å². The Hall–Kier alpha value is -1.92. The van der Waals surface area contributed by atoms with Gasteiger partial charge in [-0.15, -0.1) is 0 Å². The highest BCUT2D eigenvalue weighted by Crippen LogP contribution is 2.15. The largest absolute Gasteiger partial charge is 0.368 e. The first kappa shape index (κ1) is 16.5. The molecule has 0 radical (unpaired) electrons. The number of halogens is 2. The van der Waals surface area contributed by atoms with Gasteiger partial charge in [0.25, 0.3) is 5.91 Å². The van der Waals surface area contributed by atoms with Crippen molar-refractivity contribution in [1.82, 2.24) is 10.3 Å². The molecule has 2 rings (SSSR count). The molecule has 0 saturated heterocycles. The minimum absolute atomic E-state index is 0.253. The number of carbonyl (C=O) groups is 2. The van der Waals surface area contributed by atoms with E-state index in [9.17, 15) is 9.59 Å². The second-order valence-electron chi connectivity index (χ2n) is 4.59. The first-order chi connectivity index (χ1) is 10.5. The van der Waals surface area contributed by atoms with Gasteiger partial charge in [-0.2, -0.15) is 0 Å². The van der Waals surface area contributed by atoms with Crippen molar-refractivity contribution in [2.45, 2.75) is 12.5 Å². The average molecular weight is 383 g/mol. The maximum absolute atomic E-state index is 12.2. The van der Waals surface area contributed by atoms with Crippen molar-refractivity contribution in [3.05, 3.63) is 63.3 Å². The Morgan fingerprint density at radius 3 is 2.55 bits per heavy atom. The van der Waals surface area contributed by atoms with Crippen molar-refractivity contribution in [1.29, 1.82) is 0 Å². The van der Waals surface area contributed by atoms with Crippen LogP contribution in [0.15, 0.2) is 47.2 Å². The van der Waals surface area contributed by atoms with Crippen molar-refractivity contribution in [3.8, 4) is 0 Å². The summed E-state index contributed by atoms with van der Waals surface area (Å²) in [5.41, 5.74) is 6.56. The third-order valence-electron chi connectivity index (χ3n) is 3.02. The van der Waals surface area contributed by atoms with Gasteiger partial charge in [-0.25, -0.2) is 4.98 Å². The standard InChI is InChI=1S/C15H13BrClN3O2/c16-13-10(2-1-7-19-13)8-12(14(18)21)20-15(22)9-3-5-11(17)6-4-9/h1-7,12H,8H2,(H2,18,21)(H,20,22)/t12-/m1/s1. The topological polar surface area (TPSA) is 85.1 Å². The van der Waals surface area contributed by atoms with Gasteiger partial charge in [0.1, 0.15) is 10.6 Å². The van der Waals surface area contributed by atoms with Crippen LogP contribution in [0.4, 0.5) is 0 Å². The molecule has 0 saturated carbocycles. The highest BCUT2D eigenvalue weighted by Gasteiger charge is 2.20. The molecule has 1 heterocycles. The molecule has 1 aromatic carbocycles. The monoisotopic (exact) mass is 381 g/mol. The summed E-state index contributed by atoms with van der Waals surface area (Å²) in [6.45, 7) is 0. The normalized spacial score (nSPS) is 11.7. The van der Waals surface area contributed by atoms with Crippen LogP contribution in [0.5, 0.6) is 0 Å². The summed E-state index contributed by atoms with van der Waals surface area (Å²) in [4.78, 5) is 27.8. The van der Waals surface area contributed by atoms with Crippen LogP contribution >= 0.6 is 27.5 Å². The van der Waals surface area contributed by atoms with Gasteiger partial charge >= 0.3 is 0 Å². The summed E-state index contributed by atoms with van der Waals surface area (Å²) >= 11 is 9.08. The molecule has 0 aliphatic rings. The van der Waals surface area contributed by atoms with Gasteiger partial charge in [-0.3, -0.25) is 9.59 Å². The van der Waals surface area contributed by atoms with E-state index in [-0.39, 0.29) is 12.3 Å². The molecule has 5 nitrogen and oxygen atoms in total. The smallest absolute Gasteiger partial charge is 0.251 e. The van der Waals surface area contributed by atoms with Gasteiger partial charge in [0.2, 0.25) is 5.91 Å². The highest BCUT2D eigenvalue weighted by atomic mass is 79.9. The Bertz CT molecular complexity index is 691. The van der Waals surface area contributed by atoms with Crippen LogP contribution in [0.25, 0.3) is 0 Å². The molecule has 0 spiro atoms. The van der Waals surface area contributed by atoms with Crippen molar-refractivity contribution in [2.75, 3.05) is 0 Å². The van der Waals surface area contributed by atoms with Gasteiger partial charge in [0.15, 0.2) is 0 Å². The molecule has 3 N–H and O–H groups in total. The predicted octanol–water partition coefficient (Wildman–Crippen LogP) is 2.32. The molecule has 0 unspecified atom stereocenters. The molecule has 1 aromatic heterocycles. The number of carbonyl (C=O) groups excluding carboxylic acids is 2. The van der Waals surface area contributed by atoms with Gasteiger partial charge in [-0.1, -0.05) is 17.7 Å². The van der Waals surface area contributed by atoms with E-state index in [1.54, 1.807) is 36.5 Å². The van der Waals surface area contributed by atoms with E-state index in [4.69, 9.17) is 17.3 Å². The Morgan fingerprint density at radius 1 is 1.27 bits per heavy atom. The Labute approximate surface area is 141 Å². The molecule has 0 fully saturated rings. The van der Waals surface area contributed by atoms with Crippen LogP contribution in [-0.4, -0.2) is 22.8 Å². The molecule has 0 bridgehead atoms. The number of primary amides is 1. The zero-order valence-corrected chi connectivity index (χ0v) is 13.8. The number of pyridine rings is 1. The molecular weight excluding hydrogens is 370 g/mol.